The van der Waals surface area contributed by atoms with Crippen LogP contribution in [0.4, 0.5) is 0 Å². The molecule has 144 valence electrons. The maximum Gasteiger partial charge on any atom is 0.168 e. The van der Waals surface area contributed by atoms with E-state index in [1.807, 2.05) is 0 Å². The molecule has 0 unspecified atom stereocenters. The normalized spacial score (nSPS) is 13.4. The van der Waals surface area contributed by atoms with E-state index in [4.69, 9.17) is 4.98 Å². The van der Waals surface area contributed by atoms with Crippen molar-refractivity contribution in [2.45, 2.75) is 40.2 Å². The predicted molar refractivity (Wildman–Crippen MR) is 122 cm³/mol. The highest BCUT2D eigenvalue weighted by Gasteiger charge is 2.27. The number of unbranched alkanes of at least 4 members (excludes halogenated alkanes) is 1. The summed E-state index contributed by atoms with van der Waals surface area (Å²) >= 11 is 0. The van der Waals surface area contributed by atoms with E-state index in [1.165, 1.54) is 28.0 Å². The second kappa shape index (κ2) is 8.43. The monoisotopic (exact) mass is 379 g/mol. The molecule has 0 fully saturated rings. The molecule has 1 aromatic heterocycles. The number of nitrogens with zero attached hydrogens (tertiary/aromatic N) is 2. The lowest BCUT2D eigenvalue weighted by Gasteiger charge is -2.14. The lowest BCUT2D eigenvalue weighted by molar-refractivity contribution is 0.630. The van der Waals surface area contributed by atoms with E-state index in [9.17, 15) is 0 Å². The van der Waals surface area contributed by atoms with Crippen LogP contribution in [-0.2, 0) is 6.54 Å². The summed E-state index contributed by atoms with van der Waals surface area (Å²) in [4.78, 5) is 5.25. The molecule has 2 nitrogen and oxygen atoms in total. The molecule has 2 heteroatoms. The van der Waals surface area contributed by atoms with Gasteiger partial charge in [-0.15, -0.1) is 0 Å². The second-order valence-electron chi connectivity index (χ2n) is 7.57. The van der Waals surface area contributed by atoms with Gasteiger partial charge in [0.15, 0.2) is 5.82 Å². The first-order valence-electron chi connectivity index (χ1n) is 10.4. The summed E-state index contributed by atoms with van der Waals surface area (Å²) in [5, 5.41) is 0. The van der Waals surface area contributed by atoms with Crippen LogP contribution in [0.15, 0.2) is 84.0 Å². The van der Waals surface area contributed by atoms with Gasteiger partial charge < -0.3 is 4.57 Å². The molecule has 3 aromatic rings. The number of benzene rings is 2. The number of hydrogen-bond acceptors (Lipinski definition) is 1. The van der Waals surface area contributed by atoms with Gasteiger partial charge in [-0.1, -0.05) is 74.0 Å². The van der Waals surface area contributed by atoms with E-state index in [0.29, 0.717) is 0 Å². The van der Waals surface area contributed by atoms with Crippen molar-refractivity contribution in [3.05, 3.63) is 95.9 Å². The number of allylic oxidation sites excluding steroid dienone is 6. The molecule has 0 atom stereocenters. The van der Waals surface area contributed by atoms with Crippen molar-refractivity contribution < 1.29 is 0 Å². The second-order valence-corrected chi connectivity index (χ2v) is 7.57. The highest BCUT2D eigenvalue weighted by molar-refractivity contribution is 5.86. The summed E-state index contributed by atoms with van der Waals surface area (Å²) in [5.41, 5.74) is 8.26. The van der Waals surface area contributed by atoms with E-state index in [0.717, 1.165) is 36.5 Å². The van der Waals surface area contributed by atoms with E-state index >= 15 is 0 Å². The van der Waals surface area contributed by atoms with E-state index < -0.39 is 0 Å². The summed E-state index contributed by atoms with van der Waals surface area (Å²) in [6, 6.07) is 21.2. The first kappa shape index (κ1) is 19.1. The third kappa shape index (κ3) is 3.72. The number of hydrogen-bond donors (Lipinski definition) is 0. The first-order chi connectivity index (χ1) is 14.2. The molecule has 29 heavy (non-hydrogen) atoms. The molecule has 0 saturated heterocycles. The zero-order chi connectivity index (χ0) is 20.2. The molecule has 2 aromatic carbocycles. The Morgan fingerprint density at radius 3 is 2.17 bits per heavy atom. The first-order valence-corrected chi connectivity index (χ1v) is 10.4. The molecule has 0 spiro atoms. The van der Waals surface area contributed by atoms with Gasteiger partial charge in [-0.3, -0.25) is 0 Å². The van der Waals surface area contributed by atoms with Gasteiger partial charge in [0.2, 0.25) is 0 Å². The Morgan fingerprint density at radius 1 is 0.897 bits per heavy atom. The van der Waals surface area contributed by atoms with Crippen LogP contribution in [-0.4, -0.2) is 9.55 Å². The molecule has 0 N–H and O–H groups in total. The third-order valence-electron chi connectivity index (χ3n) is 5.41. The molecule has 0 amide bonds. The van der Waals surface area contributed by atoms with Gasteiger partial charge in [-0.25, -0.2) is 4.98 Å². The largest absolute Gasteiger partial charge is 0.321 e. The van der Waals surface area contributed by atoms with Crippen LogP contribution in [0.2, 0.25) is 0 Å². The Morgan fingerprint density at radius 2 is 1.55 bits per heavy atom. The summed E-state index contributed by atoms with van der Waals surface area (Å²) in [5.74, 6) is 1.06. The fourth-order valence-corrected chi connectivity index (χ4v) is 3.96. The van der Waals surface area contributed by atoms with Crippen LogP contribution in [0.5, 0.6) is 0 Å². The number of aromatic nitrogens is 2. The van der Waals surface area contributed by atoms with E-state index in [-0.39, 0.29) is 0 Å². The van der Waals surface area contributed by atoms with Gasteiger partial charge in [-0.05, 0) is 6.42 Å². The van der Waals surface area contributed by atoms with Crippen molar-refractivity contribution in [1.82, 2.24) is 9.55 Å². The number of rotatable bonds is 6. The lowest BCUT2D eigenvalue weighted by Crippen LogP contribution is -2.08. The minimum atomic E-state index is 0.952. The summed E-state index contributed by atoms with van der Waals surface area (Å²) in [7, 11) is 0. The molecule has 1 heterocycles. The van der Waals surface area contributed by atoms with Gasteiger partial charge in [-0.2, -0.15) is 0 Å². The maximum atomic E-state index is 5.25. The quantitative estimate of drug-likeness (QED) is 0.417. The van der Waals surface area contributed by atoms with E-state index in [1.54, 1.807) is 0 Å². The molecule has 4 rings (SSSR count). The van der Waals surface area contributed by atoms with Crippen molar-refractivity contribution in [2.75, 3.05) is 0 Å². The van der Waals surface area contributed by atoms with Crippen molar-refractivity contribution in [1.29, 1.82) is 0 Å². The Bertz CT molecular complexity index is 1080. The Labute approximate surface area is 173 Å². The molecule has 0 aliphatic heterocycles. The topological polar surface area (TPSA) is 17.8 Å². The highest BCUT2D eigenvalue weighted by atomic mass is 15.1. The molecular formula is C27H27N2+. The van der Waals surface area contributed by atoms with E-state index in [2.05, 4.69) is 104 Å². The highest BCUT2D eigenvalue weighted by Crippen LogP contribution is 2.38. The van der Waals surface area contributed by atoms with Crippen LogP contribution in [0.1, 0.15) is 39.4 Å². The average Bonchev–Trinajstić information content (AvgIpc) is 3.12. The predicted octanol–water partition coefficient (Wildman–Crippen LogP) is 7.11. The zero-order valence-corrected chi connectivity index (χ0v) is 17.4. The maximum absolute atomic E-state index is 5.25. The Hall–Kier alpha value is -3.22. The summed E-state index contributed by atoms with van der Waals surface area (Å²) in [6.07, 6.45) is 9.64. The smallest absolute Gasteiger partial charge is 0.168 e. The van der Waals surface area contributed by atoms with Crippen LogP contribution in [0, 0.1) is 6.08 Å². The molecule has 0 radical (unpaired) electrons. The fraction of sp³-hybridized carbons (Fsp3) is 0.222. The van der Waals surface area contributed by atoms with Gasteiger partial charge in [0.1, 0.15) is 17.7 Å². The van der Waals surface area contributed by atoms with Crippen molar-refractivity contribution in [2.24, 2.45) is 0 Å². The van der Waals surface area contributed by atoms with Crippen LogP contribution in [0.3, 0.4) is 0 Å². The molecule has 0 saturated carbocycles. The molecule has 1 aliphatic rings. The van der Waals surface area contributed by atoms with Crippen molar-refractivity contribution >= 4 is 5.57 Å². The molecule has 0 bridgehead atoms. The summed E-state index contributed by atoms with van der Waals surface area (Å²) in [6.45, 7) is 7.50. The van der Waals surface area contributed by atoms with Crippen molar-refractivity contribution in [3.8, 4) is 22.5 Å². The van der Waals surface area contributed by atoms with Gasteiger partial charge >= 0.3 is 0 Å². The average molecular weight is 380 g/mol. The molecular weight excluding hydrogens is 352 g/mol. The van der Waals surface area contributed by atoms with Crippen LogP contribution >= 0.6 is 0 Å². The minimum absolute atomic E-state index is 0.952. The van der Waals surface area contributed by atoms with Crippen molar-refractivity contribution in [3.63, 3.8) is 0 Å². The van der Waals surface area contributed by atoms with Crippen LogP contribution < -0.4 is 0 Å². The van der Waals surface area contributed by atoms with Crippen LogP contribution in [0.25, 0.3) is 28.1 Å². The zero-order valence-electron chi connectivity index (χ0n) is 17.4. The fourth-order valence-electron chi connectivity index (χ4n) is 3.96. The van der Waals surface area contributed by atoms with Gasteiger partial charge in [0, 0.05) is 37.6 Å². The molecule has 1 aliphatic carbocycles. The number of imidazole rings is 1. The van der Waals surface area contributed by atoms with Gasteiger partial charge in [0.25, 0.3) is 0 Å². The lowest BCUT2D eigenvalue weighted by atomic mass is 9.96. The standard InChI is InChI=1S/C27H27N2/c1-4-5-19-29-26(23-17-10-7-11-18-23)25(22-15-8-6-9-16-22)28-27(29)24-20(2)13-12-14-21(24)3/h6-11,13-18H,4-5,19H2,1-3H3/q+1. The SMILES string of the molecule is CCCCn1c(C2=C(C)C=[C+]C=C2C)nc(-c2ccccc2)c1-c1ccccc1. The Balaban J connectivity index is 2.03. The Kier molecular flexibility index (Phi) is 5.55. The third-order valence-corrected chi connectivity index (χ3v) is 5.41. The summed E-state index contributed by atoms with van der Waals surface area (Å²) < 4.78 is 2.43. The van der Waals surface area contributed by atoms with Gasteiger partial charge in [0.05, 0.1) is 22.5 Å². The minimum Gasteiger partial charge on any atom is -0.321 e.